The van der Waals surface area contributed by atoms with Crippen LogP contribution in [0.1, 0.15) is 25.6 Å². The number of aliphatic hydroxyl groups is 2. The lowest BCUT2D eigenvalue weighted by atomic mass is 9.96. The molecule has 5 N–H and O–H groups in total. The van der Waals surface area contributed by atoms with Crippen molar-refractivity contribution in [3.63, 3.8) is 0 Å². The first kappa shape index (κ1) is 31.2. The number of fused-ring (bicyclic) bond motifs is 1. The number of nitrogens with zero attached hydrogens (tertiary/aromatic N) is 5. The Morgan fingerprint density at radius 3 is 2.70 bits per heavy atom. The summed E-state index contributed by atoms with van der Waals surface area (Å²) in [5.41, 5.74) is 5.28. The molecule has 1 aromatic carbocycles. The number of anilines is 1. The zero-order valence-electron chi connectivity index (χ0n) is 24.0. The Bertz CT molecular complexity index is 1470. The zero-order chi connectivity index (χ0) is 30.8. The van der Waals surface area contributed by atoms with E-state index in [9.17, 15) is 19.6 Å². The molecule has 2 saturated heterocycles. The Morgan fingerprint density at radius 1 is 1.28 bits per heavy atom. The topological polar surface area (TPSA) is 206 Å². The molecular weight excluding hydrogens is 585 g/mol. The van der Waals surface area contributed by atoms with Crippen LogP contribution in [0, 0.1) is 0 Å². The van der Waals surface area contributed by atoms with E-state index in [4.69, 9.17) is 29.2 Å². The summed E-state index contributed by atoms with van der Waals surface area (Å²) in [6.07, 6.45) is -2.42. The summed E-state index contributed by atoms with van der Waals surface area (Å²) in [5.74, 6) is -0.573. The number of carbonyl (C=O) groups excluding carboxylic acids is 1. The molecule has 16 nitrogen and oxygen atoms in total. The van der Waals surface area contributed by atoms with Crippen molar-refractivity contribution in [1.82, 2.24) is 29.3 Å². The number of rotatable bonds is 11. The number of imidazole rings is 1. The first-order valence-electron chi connectivity index (χ1n) is 13.7. The van der Waals surface area contributed by atoms with Gasteiger partial charge in [-0.3, -0.25) is 13.9 Å². The summed E-state index contributed by atoms with van der Waals surface area (Å²) < 4.78 is 45.2. The fourth-order valence-corrected chi connectivity index (χ4v) is 6.98. The lowest BCUT2D eigenvalue weighted by Gasteiger charge is -2.35. The van der Waals surface area contributed by atoms with E-state index < -0.39 is 50.3 Å². The number of nitrogen functional groups attached to an aromatic ring is 1. The minimum atomic E-state index is -3.90. The van der Waals surface area contributed by atoms with Crippen LogP contribution in [0.2, 0.25) is 0 Å². The Balaban J connectivity index is 1.31. The molecule has 0 amide bonds. The normalized spacial score (nSPS) is 26.7. The number of esters is 1. The van der Waals surface area contributed by atoms with Crippen LogP contribution in [-0.4, -0.2) is 104 Å². The van der Waals surface area contributed by atoms with Crippen LogP contribution in [0.4, 0.5) is 5.95 Å². The highest BCUT2D eigenvalue weighted by molar-refractivity contribution is 7.54. The number of methoxy groups -OCH3 is 1. The summed E-state index contributed by atoms with van der Waals surface area (Å²) >= 11 is 0. The summed E-state index contributed by atoms with van der Waals surface area (Å²) in [5, 5.41) is 25.2. The molecule has 5 rings (SSSR count). The van der Waals surface area contributed by atoms with E-state index in [0.717, 1.165) is 5.56 Å². The molecule has 2 aromatic heterocycles. The summed E-state index contributed by atoms with van der Waals surface area (Å²) in [7, 11) is -2.49. The standard InChI is InChI=1S/C26H36N7O9P/c1-16(23(35)40-13-17-7-5-4-6-8-17)31-43(37,32-9-11-39-12-10-32)41-14-18-20(34)26(2,36)24(42-18)33-15-28-19-21(33)29-25(27)30-22(19)38-3/h4-8,15-16,18,20,24,34,36H,9-14H2,1-3H3,(H,31,37)(H2,27,29,30)/t16-,18+,20+,24+,26+,43?/m0/s1. The van der Waals surface area contributed by atoms with Crippen LogP contribution in [0.15, 0.2) is 36.7 Å². The highest BCUT2D eigenvalue weighted by Crippen LogP contribution is 2.49. The number of ether oxygens (including phenoxy) is 4. The van der Waals surface area contributed by atoms with Crippen LogP contribution in [0.3, 0.4) is 0 Å². The van der Waals surface area contributed by atoms with Gasteiger partial charge in [-0.15, -0.1) is 0 Å². The maximum absolute atomic E-state index is 14.2. The molecule has 1 unspecified atom stereocenters. The van der Waals surface area contributed by atoms with E-state index in [-0.39, 0.29) is 42.7 Å². The van der Waals surface area contributed by atoms with E-state index in [0.29, 0.717) is 13.2 Å². The van der Waals surface area contributed by atoms with Crippen LogP contribution >= 0.6 is 7.67 Å². The predicted molar refractivity (Wildman–Crippen MR) is 152 cm³/mol. The van der Waals surface area contributed by atoms with Gasteiger partial charge in [-0.1, -0.05) is 30.3 Å². The van der Waals surface area contributed by atoms with Crippen molar-refractivity contribution in [2.45, 2.75) is 50.5 Å². The molecule has 2 aliphatic heterocycles. The van der Waals surface area contributed by atoms with Crippen molar-refractivity contribution in [2.75, 3.05) is 45.8 Å². The molecular formula is C26H36N7O9P. The second-order valence-electron chi connectivity index (χ2n) is 10.4. The van der Waals surface area contributed by atoms with Crippen molar-refractivity contribution in [2.24, 2.45) is 0 Å². The van der Waals surface area contributed by atoms with E-state index in [1.165, 1.54) is 31.9 Å². The highest BCUT2D eigenvalue weighted by Gasteiger charge is 2.54. The van der Waals surface area contributed by atoms with Gasteiger partial charge in [0.25, 0.3) is 0 Å². The molecule has 234 valence electrons. The Hall–Kier alpha value is -3.21. The number of hydrogen-bond acceptors (Lipinski definition) is 13. The fraction of sp³-hybridized carbons (Fsp3) is 0.538. The van der Waals surface area contributed by atoms with Gasteiger partial charge >= 0.3 is 13.6 Å². The van der Waals surface area contributed by atoms with Crippen LogP contribution in [0.25, 0.3) is 11.2 Å². The van der Waals surface area contributed by atoms with Gasteiger partial charge in [0.15, 0.2) is 17.4 Å². The third-order valence-electron chi connectivity index (χ3n) is 7.32. The first-order valence-corrected chi connectivity index (χ1v) is 15.3. The average molecular weight is 622 g/mol. The smallest absolute Gasteiger partial charge is 0.344 e. The Kier molecular flexibility index (Phi) is 9.29. The van der Waals surface area contributed by atoms with Gasteiger partial charge in [-0.05, 0) is 19.4 Å². The summed E-state index contributed by atoms with van der Waals surface area (Å²) in [4.78, 5) is 25.2. The van der Waals surface area contributed by atoms with Crippen LogP contribution < -0.4 is 15.6 Å². The van der Waals surface area contributed by atoms with Gasteiger partial charge in [-0.2, -0.15) is 9.97 Å². The molecule has 0 spiro atoms. The lowest BCUT2D eigenvalue weighted by molar-refractivity contribution is -0.146. The first-order chi connectivity index (χ1) is 20.5. The zero-order valence-corrected chi connectivity index (χ0v) is 24.9. The van der Waals surface area contributed by atoms with Crippen molar-refractivity contribution < 1.29 is 43.0 Å². The van der Waals surface area contributed by atoms with Crippen molar-refractivity contribution in [3.05, 3.63) is 42.2 Å². The minimum Gasteiger partial charge on any atom is -0.479 e. The van der Waals surface area contributed by atoms with Gasteiger partial charge in [0.2, 0.25) is 11.8 Å². The molecule has 0 aliphatic carbocycles. The number of aromatic nitrogens is 4. The third kappa shape index (κ3) is 6.51. The second kappa shape index (κ2) is 12.8. The SMILES string of the molecule is COc1nc(N)nc2c1ncn2[C@@H]1O[C@H](COP(=O)(N[C@@H](C)C(=O)OCc2ccccc2)N2CCOCC2)[C@@H](O)[C@@]1(C)O. The quantitative estimate of drug-likeness (QED) is 0.171. The largest absolute Gasteiger partial charge is 0.479 e. The molecule has 2 fully saturated rings. The number of nitrogens with two attached hydrogens (primary N) is 1. The third-order valence-corrected chi connectivity index (χ3v) is 9.67. The molecule has 17 heteroatoms. The number of aliphatic hydroxyl groups excluding tert-OH is 1. The number of benzene rings is 1. The molecule has 0 saturated carbocycles. The number of nitrogens with one attached hydrogen (secondary N) is 1. The van der Waals surface area contributed by atoms with Gasteiger partial charge < -0.3 is 39.4 Å². The van der Waals surface area contributed by atoms with Gasteiger partial charge in [0, 0.05) is 13.1 Å². The Morgan fingerprint density at radius 2 is 2.00 bits per heavy atom. The van der Waals surface area contributed by atoms with Gasteiger partial charge in [0.1, 0.15) is 30.5 Å². The van der Waals surface area contributed by atoms with Crippen molar-refractivity contribution >= 4 is 30.8 Å². The van der Waals surface area contributed by atoms with Crippen molar-refractivity contribution in [3.8, 4) is 5.88 Å². The molecule has 43 heavy (non-hydrogen) atoms. The number of hydrogen-bond donors (Lipinski definition) is 4. The molecule has 2 aliphatic rings. The molecule has 6 atom stereocenters. The molecule has 0 radical (unpaired) electrons. The number of morpholine rings is 1. The highest BCUT2D eigenvalue weighted by atomic mass is 31.2. The maximum atomic E-state index is 14.2. The van der Waals surface area contributed by atoms with E-state index >= 15 is 0 Å². The van der Waals surface area contributed by atoms with Crippen molar-refractivity contribution in [1.29, 1.82) is 0 Å². The average Bonchev–Trinajstić information content (AvgIpc) is 3.52. The van der Waals surface area contributed by atoms with Gasteiger partial charge in [0.05, 0.1) is 33.3 Å². The summed E-state index contributed by atoms with van der Waals surface area (Å²) in [6, 6.07) is 8.18. The van der Waals surface area contributed by atoms with Gasteiger partial charge in [-0.25, -0.2) is 14.7 Å². The second-order valence-corrected chi connectivity index (χ2v) is 12.6. The van der Waals surface area contributed by atoms with E-state index in [1.807, 2.05) is 30.3 Å². The molecule has 3 aromatic rings. The molecule has 4 heterocycles. The van der Waals surface area contributed by atoms with Crippen LogP contribution in [0.5, 0.6) is 5.88 Å². The monoisotopic (exact) mass is 621 g/mol. The van der Waals surface area contributed by atoms with Crippen LogP contribution in [-0.2, 0) is 34.7 Å². The summed E-state index contributed by atoms with van der Waals surface area (Å²) in [6.45, 7) is 3.74. The Labute approximate surface area is 247 Å². The predicted octanol–water partition coefficient (Wildman–Crippen LogP) is 0.605. The van der Waals surface area contributed by atoms with E-state index in [2.05, 4.69) is 20.0 Å². The maximum Gasteiger partial charge on any atom is 0.344 e. The van der Waals surface area contributed by atoms with E-state index in [1.54, 1.807) is 4.67 Å². The fourth-order valence-electron chi connectivity index (χ4n) is 4.94. The number of carbonyl (C=O) groups is 1. The molecule has 0 bridgehead atoms. The minimum absolute atomic E-state index is 0.0539. The lowest BCUT2D eigenvalue weighted by Crippen LogP contribution is -2.46.